The number of hydrogen-bond acceptors (Lipinski definition) is 16. The zero-order valence-electron chi connectivity index (χ0n) is 38.8. The molecule has 4 saturated heterocycles. The van der Waals surface area contributed by atoms with Crippen LogP contribution in [0.15, 0.2) is 12.7 Å². The van der Waals surface area contributed by atoms with Crippen molar-refractivity contribution >= 4 is 35.1 Å². The lowest BCUT2D eigenvalue weighted by Crippen LogP contribution is -2.48. The van der Waals surface area contributed by atoms with Gasteiger partial charge in [0.25, 0.3) is 0 Å². The van der Waals surface area contributed by atoms with Gasteiger partial charge in [0.1, 0.15) is 12.7 Å². The summed E-state index contributed by atoms with van der Waals surface area (Å²) in [5, 5.41) is 26.9. The lowest BCUT2D eigenvalue weighted by molar-refractivity contribution is -0.121. The molecule has 6 rings (SSSR count). The number of primary amides is 2. The van der Waals surface area contributed by atoms with Crippen LogP contribution < -0.4 is 31.9 Å². The lowest BCUT2D eigenvalue weighted by atomic mass is 9.91. The third kappa shape index (κ3) is 15.0. The van der Waals surface area contributed by atoms with Crippen molar-refractivity contribution in [2.24, 2.45) is 35.1 Å². The number of β-amino-alcohol motifs (C(OH)–C–C–N with tert-alkyl or cyclic N) is 2. The van der Waals surface area contributed by atoms with Gasteiger partial charge in [-0.25, -0.2) is 19.9 Å². The third-order valence-corrected chi connectivity index (χ3v) is 13.0. The van der Waals surface area contributed by atoms with Crippen molar-refractivity contribution < 1.29 is 38.1 Å². The van der Waals surface area contributed by atoms with Crippen molar-refractivity contribution in [3.05, 3.63) is 24.3 Å². The molecular formula is C44H74F2N12O6. The number of nitrogens with one attached hydrogen (secondary N) is 2. The van der Waals surface area contributed by atoms with E-state index in [2.05, 4.69) is 58.3 Å². The van der Waals surface area contributed by atoms with E-state index in [1.165, 1.54) is 12.7 Å². The molecule has 18 nitrogen and oxygen atoms in total. The molecule has 0 unspecified atom stereocenters. The van der Waals surface area contributed by atoms with Gasteiger partial charge < -0.3 is 51.6 Å². The summed E-state index contributed by atoms with van der Waals surface area (Å²) >= 11 is 0. The summed E-state index contributed by atoms with van der Waals surface area (Å²) in [7, 11) is 0. The summed E-state index contributed by atoms with van der Waals surface area (Å²) in [6.07, 6.45) is 6.89. The molecule has 4 aliphatic heterocycles. The number of aromatic nitrogens is 4. The standard InChI is InChI=1S/2C22H37FN6O3/c2*1-4-29(10-15-5-7-22(2,3)32-13-15)21-19(23)20(26-14-27-21)25-9-16-6-8-28(11-17(16)30)12-18(24)31/h2*14-17,30H,4-13H2,1-3H3,(H2,24,31)(H,25,26,27)/t15-,16+,17-;15-,16-,17+/m10/s1. The number of hydrogen-bond donors (Lipinski definition) is 6. The van der Waals surface area contributed by atoms with Crippen molar-refractivity contribution in [2.45, 2.75) is 103 Å². The molecule has 360 valence electrons. The Balaban J connectivity index is 0.000000241. The van der Waals surface area contributed by atoms with Gasteiger partial charge in [0.05, 0.1) is 49.7 Å². The molecule has 6 atom stereocenters. The zero-order valence-corrected chi connectivity index (χ0v) is 38.8. The summed E-state index contributed by atoms with van der Waals surface area (Å²) in [6, 6.07) is 0. The number of nitrogens with two attached hydrogens (primary N) is 2. The van der Waals surface area contributed by atoms with Crippen molar-refractivity contribution in [2.75, 3.05) is 112 Å². The zero-order chi connectivity index (χ0) is 46.6. The van der Waals surface area contributed by atoms with Crippen LogP contribution in [0.3, 0.4) is 0 Å². The fourth-order valence-electron chi connectivity index (χ4n) is 8.90. The van der Waals surface area contributed by atoms with Crippen LogP contribution in [-0.2, 0) is 19.1 Å². The van der Waals surface area contributed by atoms with E-state index in [-0.39, 0.29) is 59.4 Å². The van der Waals surface area contributed by atoms with E-state index in [9.17, 15) is 19.8 Å². The van der Waals surface area contributed by atoms with E-state index >= 15 is 8.78 Å². The van der Waals surface area contributed by atoms with Crippen LogP contribution in [0.4, 0.5) is 32.1 Å². The van der Waals surface area contributed by atoms with Crippen LogP contribution in [0.2, 0.25) is 0 Å². The number of aliphatic hydroxyl groups is 2. The molecule has 4 aliphatic rings. The minimum atomic E-state index is -0.623. The van der Waals surface area contributed by atoms with Crippen molar-refractivity contribution in [1.82, 2.24) is 29.7 Å². The van der Waals surface area contributed by atoms with Gasteiger partial charge in [-0.1, -0.05) is 0 Å². The Morgan fingerprint density at radius 1 is 0.719 bits per heavy atom. The Hall–Kier alpha value is -4.08. The molecule has 8 N–H and O–H groups in total. The van der Waals surface area contributed by atoms with Crippen LogP contribution in [0.25, 0.3) is 0 Å². The van der Waals surface area contributed by atoms with Gasteiger partial charge in [0, 0.05) is 64.2 Å². The Bertz CT molecular complexity index is 1670. The molecule has 4 fully saturated rings. The van der Waals surface area contributed by atoms with Crippen molar-refractivity contribution in [3.8, 4) is 0 Å². The molecule has 2 aromatic heterocycles. The molecule has 2 amide bonds. The fraction of sp³-hybridized carbons (Fsp3) is 0.773. The molecule has 2 aromatic rings. The van der Waals surface area contributed by atoms with E-state index in [1.54, 1.807) is 0 Å². The van der Waals surface area contributed by atoms with Crippen LogP contribution in [-0.4, -0.2) is 167 Å². The number of likely N-dealkylation sites (tertiary alicyclic amines) is 2. The maximum Gasteiger partial charge on any atom is 0.231 e. The van der Waals surface area contributed by atoms with Crippen LogP contribution in [0.1, 0.15) is 80.1 Å². The van der Waals surface area contributed by atoms with E-state index in [0.29, 0.717) is 103 Å². The quantitative estimate of drug-likeness (QED) is 0.126. The Labute approximate surface area is 377 Å². The average molecular weight is 905 g/mol. The van der Waals surface area contributed by atoms with Crippen LogP contribution in [0.5, 0.6) is 0 Å². The summed E-state index contributed by atoms with van der Waals surface area (Å²) in [5.74, 6) is -0.408. The smallest absolute Gasteiger partial charge is 0.231 e. The summed E-state index contributed by atoms with van der Waals surface area (Å²) in [5.41, 5.74) is 10.3. The van der Waals surface area contributed by atoms with Gasteiger partial charge in [-0.05, 0) is 105 Å². The number of amides is 2. The molecule has 0 radical (unpaired) electrons. The SMILES string of the molecule is CCN(C[C@@H]1CCC(C)(C)OC1)c1ncnc(NC[C@@H]2CCN(CC(N)=O)C[C@H]2O)c1F.CCN(C[C@H]1CCC(C)(C)OC1)c1ncnc(NC[C@@H]2CCN(CC(N)=O)C[C@H]2O)c1F. The largest absolute Gasteiger partial charge is 0.391 e. The van der Waals surface area contributed by atoms with Crippen molar-refractivity contribution in [3.63, 3.8) is 0 Å². The summed E-state index contributed by atoms with van der Waals surface area (Å²) in [6.45, 7) is 19.4. The predicted octanol–water partition coefficient (Wildman–Crippen LogP) is 2.45. The molecule has 0 bridgehead atoms. The normalized spacial score (nSPS) is 26.0. The highest BCUT2D eigenvalue weighted by atomic mass is 19.1. The maximum atomic E-state index is 15.3. The highest BCUT2D eigenvalue weighted by Crippen LogP contribution is 2.32. The van der Waals surface area contributed by atoms with Gasteiger partial charge in [0.2, 0.25) is 23.4 Å². The minimum Gasteiger partial charge on any atom is -0.391 e. The third-order valence-electron chi connectivity index (χ3n) is 13.0. The Kier molecular flexibility index (Phi) is 18.6. The monoisotopic (exact) mass is 905 g/mol. The molecule has 0 aromatic carbocycles. The number of anilines is 4. The second-order valence-electron chi connectivity index (χ2n) is 19.1. The Morgan fingerprint density at radius 2 is 1.11 bits per heavy atom. The highest BCUT2D eigenvalue weighted by Gasteiger charge is 2.33. The first-order chi connectivity index (χ1) is 30.4. The van der Waals surface area contributed by atoms with Gasteiger partial charge >= 0.3 is 0 Å². The number of ether oxygens (including phenoxy) is 2. The number of nitrogens with zero attached hydrogens (tertiary/aromatic N) is 8. The maximum absolute atomic E-state index is 15.3. The average Bonchev–Trinajstić information content (AvgIpc) is 3.23. The fourth-order valence-corrected chi connectivity index (χ4v) is 8.90. The number of aliphatic hydroxyl groups excluding tert-OH is 2. The van der Waals surface area contributed by atoms with E-state index in [4.69, 9.17) is 20.9 Å². The van der Waals surface area contributed by atoms with E-state index < -0.39 is 35.7 Å². The van der Waals surface area contributed by atoms with E-state index in [0.717, 1.165) is 25.7 Å². The molecule has 0 aliphatic carbocycles. The number of carbonyl (C=O) groups excluding carboxylic acids is 2. The van der Waals surface area contributed by atoms with E-state index in [1.807, 2.05) is 33.4 Å². The predicted molar refractivity (Wildman–Crippen MR) is 242 cm³/mol. The first kappa shape index (κ1) is 50.9. The summed E-state index contributed by atoms with van der Waals surface area (Å²) < 4.78 is 42.4. The van der Waals surface area contributed by atoms with Crippen molar-refractivity contribution in [1.29, 1.82) is 0 Å². The lowest BCUT2D eigenvalue weighted by Gasteiger charge is -2.37. The highest BCUT2D eigenvalue weighted by molar-refractivity contribution is 5.76. The molecular weight excluding hydrogens is 831 g/mol. The first-order valence-electron chi connectivity index (χ1n) is 23.0. The van der Waals surface area contributed by atoms with Gasteiger partial charge in [-0.15, -0.1) is 0 Å². The number of piperidine rings is 2. The van der Waals surface area contributed by atoms with Gasteiger partial charge in [-0.2, -0.15) is 8.78 Å². The van der Waals surface area contributed by atoms with Crippen LogP contribution >= 0.6 is 0 Å². The molecule has 0 saturated carbocycles. The number of rotatable bonds is 18. The van der Waals surface area contributed by atoms with Crippen LogP contribution in [0, 0.1) is 35.3 Å². The minimum absolute atomic E-state index is 0.0676. The van der Waals surface area contributed by atoms with Gasteiger partial charge in [-0.3, -0.25) is 19.4 Å². The molecule has 6 heterocycles. The molecule has 64 heavy (non-hydrogen) atoms. The Morgan fingerprint density at radius 3 is 1.42 bits per heavy atom. The first-order valence-corrected chi connectivity index (χ1v) is 23.0. The summed E-state index contributed by atoms with van der Waals surface area (Å²) in [4.78, 5) is 46.3. The second kappa shape index (κ2) is 23.4. The molecule has 0 spiro atoms. The number of carbonyl (C=O) groups is 2. The van der Waals surface area contributed by atoms with Gasteiger partial charge in [0.15, 0.2) is 23.3 Å². The topological polar surface area (TPSA) is 234 Å². The number of halogens is 2. The molecule has 20 heteroatoms. The second-order valence-corrected chi connectivity index (χ2v) is 19.1.